The topological polar surface area (TPSA) is 35.2 Å². The Labute approximate surface area is 96.4 Å². The molecule has 1 aromatic carbocycles. The van der Waals surface area contributed by atoms with Crippen LogP contribution in [-0.2, 0) is 0 Å². The molecule has 0 aromatic heterocycles. The van der Waals surface area contributed by atoms with E-state index in [4.69, 9.17) is 22.1 Å². The first-order valence-corrected chi connectivity index (χ1v) is 5.33. The predicted octanol–water partition coefficient (Wildman–Crippen LogP) is 3.39. The smallest absolute Gasteiger partial charge is 0.120 e. The zero-order chi connectivity index (χ0) is 11.6. The Balaban J connectivity index is 3.06. The summed E-state index contributed by atoms with van der Waals surface area (Å²) in [7, 11) is 1.62. The van der Waals surface area contributed by atoms with Gasteiger partial charge in [0.15, 0.2) is 0 Å². The Morgan fingerprint density at radius 2 is 1.93 bits per heavy atom. The van der Waals surface area contributed by atoms with Crippen molar-refractivity contribution in [1.29, 1.82) is 0 Å². The maximum atomic E-state index is 6.15. The van der Waals surface area contributed by atoms with Crippen LogP contribution in [0.2, 0.25) is 5.02 Å². The van der Waals surface area contributed by atoms with E-state index in [1.54, 1.807) is 13.2 Å². The van der Waals surface area contributed by atoms with Gasteiger partial charge in [0.1, 0.15) is 5.75 Å². The zero-order valence-electron chi connectivity index (χ0n) is 9.67. The molecule has 0 aliphatic rings. The molecule has 1 rings (SSSR count). The molecule has 0 spiro atoms. The Kier molecular flexibility index (Phi) is 3.63. The summed E-state index contributed by atoms with van der Waals surface area (Å²) in [5.74, 6) is 0.754. The fourth-order valence-electron chi connectivity index (χ4n) is 1.35. The van der Waals surface area contributed by atoms with Crippen molar-refractivity contribution in [2.24, 2.45) is 11.1 Å². The van der Waals surface area contributed by atoms with Crippen LogP contribution < -0.4 is 10.5 Å². The van der Waals surface area contributed by atoms with Crippen molar-refractivity contribution in [1.82, 2.24) is 0 Å². The minimum Gasteiger partial charge on any atom is -0.497 e. The molecule has 84 valence electrons. The second-order valence-electron chi connectivity index (χ2n) is 4.73. The number of halogens is 1. The van der Waals surface area contributed by atoms with Crippen molar-refractivity contribution in [3.63, 3.8) is 0 Å². The number of ether oxygens (including phenoxy) is 1. The average Bonchev–Trinajstić information content (AvgIpc) is 2.15. The van der Waals surface area contributed by atoms with Gasteiger partial charge in [-0.15, -0.1) is 0 Å². The lowest BCUT2D eigenvalue weighted by molar-refractivity contribution is 0.326. The second kappa shape index (κ2) is 4.42. The van der Waals surface area contributed by atoms with Crippen molar-refractivity contribution in [2.75, 3.05) is 7.11 Å². The molecule has 0 heterocycles. The molecular weight excluding hydrogens is 210 g/mol. The van der Waals surface area contributed by atoms with Gasteiger partial charge in [-0.05, 0) is 23.1 Å². The quantitative estimate of drug-likeness (QED) is 0.841. The normalized spacial score (nSPS) is 13.7. The van der Waals surface area contributed by atoms with Crippen LogP contribution >= 0.6 is 11.6 Å². The molecule has 15 heavy (non-hydrogen) atoms. The van der Waals surface area contributed by atoms with Crippen LogP contribution in [0.1, 0.15) is 32.4 Å². The van der Waals surface area contributed by atoms with Gasteiger partial charge >= 0.3 is 0 Å². The maximum absolute atomic E-state index is 6.15. The molecule has 2 N–H and O–H groups in total. The number of hydrogen-bond donors (Lipinski definition) is 1. The van der Waals surface area contributed by atoms with Crippen molar-refractivity contribution in [3.8, 4) is 5.75 Å². The van der Waals surface area contributed by atoms with Gasteiger partial charge in [0.25, 0.3) is 0 Å². The molecule has 1 atom stereocenters. The van der Waals surface area contributed by atoms with E-state index in [2.05, 4.69) is 20.8 Å². The second-order valence-corrected chi connectivity index (χ2v) is 5.14. The summed E-state index contributed by atoms with van der Waals surface area (Å²) in [6, 6.07) is 5.53. The van der Waals surface area contributed by atoms with E-state index in [1.807, 2.05) is 12.1 Å². The Morgan fingerprint density at radius 1 is 1.33 bits per heavy atom. The fraction of sp³-hybridized carbons (Fsp3) is 0.500. The van der Waals surface area contributed by atoms with Gasteiger partial charge in [-0.25, -0.2) is 0 Å². The Bertz CT molecular complexity index is 344. The molecule has 0 saturated heterocycles. The zero-order valence-corrected chi connectivity index (χ0v) is 10.4. The van der Waals surface area contributed by atoms with Crippen LogP contribution in [-0.4, -0.2) is 7.11 Å². The van der Waals surface area contributed by atoms with Crippen molar-refractivity contribution >= 4 is 11.6 Å². The van der Waals surface area contributed by atoms with Crippen LogP contribution in [0.15, 0.2) is 18.2 Å². The molecule has 0 aliphatic carbocycles. The molecular formula is C12H18ClNO. The van der Waals surface area contributed by atoms with E-state index in [-0.39, 0.29) is 11.5 Å². The molecule has 2 nitrogen and oxygen atoms in total. The molecule has 0 fully saturated rings. The largest absolute Gasteiger partial charge is 0.497 e. The van der Waals surface area contributed by atoms with E-state index in [9.17, 15) is 0 Å². The summed E-state index contributed by atoms with van der Waals surface area (Å²) in [5.41, 5.74) is 7.10. The van der Waals surface area contributed by atoms with Gasteiger partial charge < -0.3 is 10.5 Å². The molecule has 0 bridgehead atoms. The molecule has 0 radical (unpaired) electrons. The summed E-state index contributed by atoms with van der Waals surface area (Å²) < 4.78 is 5.09. The highest BCUT2D eigenvalue weighted by Gasteiger charge is 2.24. The molecule has 1 unspecified atom stereocenters. The number of benzene rings is 1. The number of hydrogen-bond acceptors (Lipinski definition) is 2. The van der Waals surface area contributed by atoms with Gasteiger partial charge in [-0.3, -0.25) is 0 Å². The molecule has 0 amide bonds. The van der Waals surface area contributed by atoms with Crippen LogP contribution in [0, 0.1) is 5.41 Å². The van der Waals surface area contributed by atoms with Crippen molar-refractivity contribution in [2.45, 2.75) is 26.8 Å². The summed E-state index contributed by atoms with van der Waals surface area (Å²) in [6.07, 6.45) is 0. The summed E-state index contributed by atoms with van der Waals surface area (Å²) in [4.78, 5) is 0. The molecule has 0 saturated carbocycles. The lowest BCUT2D eigenvalue weighted by Gasteiger charge is -2.28. The third kappa shape index (κ3) is 2.86. The van der Waals surface area contributed by atoms with E-state index in [0.29, 0.717) is 5.02 Å². The van der Waals surface area contributed by atoms with Gasteiger partial charge in [-0.2, -0.15) is 0 Å². The first-order valence-electron chi connectivity index (χ1n) is 4.95. The molecule has 1 aromatic rings. The first kappa shape index (κ1) is 12.3. The van der Waals surface area contributed by atoms with Crippen LogP contribution in [0.25, 0.3) is 0 Å². The summed E-state index contributed by atoms with van der Waals surface area (Å²) in [6.45, 7) is 6.29. The third-order valence-corrected chi connectivity index (χ3v) is 2.80. The van der Waals surface area contributed by atoms with Crippen LogP contribution in [0.3, 0.4) is 0 Å². The first-order chi connectivity index (χ1) is 6.86. The lowest BCUT2D eigenvalue weighted by atomic mass is 9.83. The summed E-state index contributed by atoms with van der Waals surface area (Å²) in [5, 5.41) is 0.664. The molecule has 3 heteroatoms. The highest BCUT2D eigenvalue weighted by Crippen LogP contribution is 2.35. The van der Waals surface area contributed by atoms with Crippen LogP contribution in [0.5, 0.6) is 5.75 Å². The van der Waals surface area contributed by atoms with Gasteiger partial charge in [0.2, 0.25) is 0 Å². The van der Waals surface area contributed by atoms with Gasteiger partial charge in [0.05, 0.1) is 7.11 Å². The Hall–Kier alpha value is -0.730. The van der Waals surface area contributed by atoms with E-state index < -0.39 is 0 Å². The third-order valence-electron chi connectivity index (χ3n) is 2.48. The SMILES string of the molecule is COc1ccc(C(N)C(C)(C)C)c(Cl)c1. The minimum absolute atomic E-state index is 0.00176. The maximum Gasteiger partial charge on any atom is 0.120 e. The monoisotopic (exact) mass is 227 g/mol. The average molecular weight is 228 g/mol. The van der Waals surface area contributed by atoms with Crippen LogP contribution in [0.4, 0.5) is 0 Å². The van der Waals surface area contributed by atoms with E-state index in [1.165, 1.54) is 0 Å². The highest BCUT2D eigenvalue weighted by atomic mass is 35.5. The van der Waals surface area contributed by atoms with Gasteiger partial charge in [0, 0.05) is 11.1 Å². The van der Waals surface area contributed by atoms with Crippen molar-refractivity contribution < 1.29 is 4.74 Å². The van der Waals surface area contributed by atoms with E-state index >= 15 is 0 Å². The predicted molar refractivity (Wildman–Crippen MR) is 64.4 cm³/mol. The summed E-state index contributed by atoms with van der Waals surface area (Å²) >= 11 is 6.15. The lowest BCUT2D eigenvalue weighted by Crippen LogP contribution is -2.26. The fourth-order valence-corrected chi connectivity index (χ4v) is 1.64. The standard InChI is InChI=1S/C12H18ClNO/c1-12(2,3)11(14)9-6-5-8(15-4)7-10(9)13/h5-7,11H,14H2,1-4H3. The number of rotatable bonds is 2. The van der Waals surface area contributed by atoms with E-state index in [0.717, 1.165) is 11.3 Å². The molecule has 0 aliphatic heterocycles. The highest BCUT2D eigenvalue weighted by molar-refractivity contribution is 6.31. The van der Waals surface area contributed by atoms with Gasteiger partial charge in [-0.1, -0.05) is 38.4 Å². The number of methoxy groups -OCH3 is 1. The Morgan fingerprint density at radius 3 is 2.33 bits per heavy atom. The minimum atomic E-state index is -0.0732. The van der Waals surface area contributed by atoms with Crippen molar-refractivity contribution in [3.05, 3.63) is 28.8 Å². The number of nitrogens with two attached hydrogens (primary N) is 1.